The molecule has 0 radical (unpaired) electrons. The fourth-order valence-electron chi connectivity index (χ4n) is 1.80. The highest BCUT2D eigenvalue weighted by molar-refractivity contribution is 7.10. The number of nitrogens with two attached hydrogens (primary N) is 1. The molecule has 5 heteroatoms. The van der Waals surface area contributed by atoms with Crippen LogP contribution in [0.15, 0.2) is 41.8 Å². The molecule has 1 amide bonds. The molecule has 2 aromatic rings. The summed E-state index contributed by atoms with van der Waals surface area (Å²) in [5.74, 6) is -0.641. The van der Waals surface area contributed by atoms with Crippen molar-refractivity contribution in [1.29, 1.82) is 0 Å². The molecule has 0 saturated heterocycles. The van der Waals surface area contributed by atoms with Gasteiger partial charge < -0.3 is 11.1 Å². The van der Waals surface area contributed by atoms with Crippen molar-refractivity contribution in [2.24, 2.45) is 5.73 Å². The number of thiophene rings is 1. The lowest BCUT2D eigenvalue weighted by atomic mass is 10.1. The van der Waals surface area contributed by atoms with Gasteiger partial charge in [0.25, 0.3) is 0 Å². The molecule has 1 aromatic carbocycles. The van der Waals surface area contributed by atoms with Crippen LogP contribution < -0.4 is 11.1 Å². The Labute approximate surface area is 115 Å². The Bertz CT molecular complexity index is 556. The van der Waals surface area contributed by atoms with Gasteiger partial charge in [0.1, 0.15) is 11.9 Å². The van der Waals surface area contributed by atoms with Gasteiger partial charge in [-0.05, 0) is 24.4 Å². The lowest BCUT2D eigenvalue weighted by Crippen LogP contribution is -2.35. The van der Waals surface area contributed by atoms with Crippen LogP contribution in [0.3, 0.4) is 0 Å². The molecule has 0 aliphatic heterocycles. The van der Waals surface area contributed by atoms with E-state index in [-0.39, 0.29) is 11.7 Å². The van der Waals surface area contributed by atoms with E-state index in [0.29, 0.717) is 5.56 Å². The van der Waals surface area contributed by atoms with Crippen LogP contribution in [0.25, 0.3) is 0 Å². The van der Waals surface area contributed by atoms with E-state index in [2.05, 4.69) is 5.32 Å². The summed E-state index contributed by atoms with van der Waals surface area (Å²) >= 11 is 1.43. The van der Waals surface area contributed by atoms with Gasteiger partial charge in [0.2, 0.25) is 5.91 Å². The largest absolute Gasteiger partial charge is 0.348 e. The van der Waals surface area contributed by atoms with Crippen molar-refractivity contribution in [3.8, 4) is 0 Å². The standard InChI is InChI=1S/C14H15FN2OS/c1-9(10-5-2-3-6-11(10)15)17-14(18)13(16)12-7-4-8-19-12/h2-9,13H,16H2,1H3,(H,17,18)/t9-,13?/m1/s1. The van der Waals surface area contributed by atoms with E-state index in [4.69, 9.17) is 5.73 Å². The molecule has 1 unspecified atom stereocenters. The molecular formula is C14H15FN2OS. The number of carbonyl (C=O) groups excluding carboxylic acids is 1. The van der Waals surface area contributed by atoms with Gasteiger partial charge in [0.15, 0.2) is 0 Å². The van der Waals surface area contributed by atoms with Crippen LogP contribution in [0.2, 0.25) is 0 Å². The van der Waals surface area contributed by atoms with Gasteiger partial charge in [-0.15, -0.1) is 11.3 Å². The molecule has 0 aliphatic carbocycles. The summed E-state index contributed by atoms with van der Waals surface area (Å²) in [5, 5.41) is 4.59. The molecule has 2 atom stereocenters. The third kappa shape index (κ3) is 3.19. The smallest absolute Gasteiger partial charge is 0.242 e. The lowest BCUT2D eigenvalue weighted by molar-refractivity contribution is -0.123. The molecule has 100 valence electrons. The van der Waals surface area contributed by atoms with Crippen molar-refractivity contribution >= 4 is 17.2 Å². The second-order valence-electron chi connectivity index (χ2n) is 4.24. The second kappa shape index (κ2) is 5.95. The van der Waals surface area contributed by atoms with Crippen LogP contribution >= 0.6 is 11.3 Å². The Morgan fingerprint density at radius 2 is 2.05 bits per heavy atom. The van der Waals surface area contributed by atoms with Crippen molar-refractivity contribution in [2.75, 3.05) is 0 Å². The average Bonchev–Trinajstić information content (AvgIpc) is 2.92. The molecule has 0 fully saturated rings. The Balaban J connectivity index is 2.05. The van der Waals surface area contributed by atoms with Crippen molar-refractivity contribution in [3.63, 3.8) is 0 Å². The van der Waals surface area contributed by atoms with Crippen molar-refractivity contribution in [1.82, 2.24) is 5.32 Å². The minimum Gasteiger partial charge on any atom is -0.348 e. The first-order chi connectivity index (χ1) is 9.09. The molecule has 2 rings (SSSR count). The quantitative estimate of drug-likeness (QED) is 0.903. The first-order valence-electron chi connectivity index (χ1n) is 5.93. The highest BCUT2D eigenvalue weighted by atomic mass is 32.1. The predicted molar refractivity (Wildman–Crippen MR) is 74.2 cm³/mol. The number of hydrogen-bond acceptors (Lipinski definition) is 3. The van der Waals surface area contributed by atoms with E-state index in [0.717, 1.165) is 4.88 Å². The van der Waals surface area contributed by atoms with E-state index in [9.17, 15) is 9.18 Å². The van der Waals surface area contributed by atoms with Gasteiger partial charge in [0, 0.05) is 10.4 Å². The first kappa shape index (κ1) is 13.7. The van der Waals surface area contributed by atoms with E-state index >= 15 is 0 Å². The maximum Gasteiger partial charge on any atom is 0.242 e. The van der Waals surface area contributed by atoms with Gasteiger partial charge >= 0.3 is 0 Å². The average molecular weight is 278 g/mol. The molecule has 0 aliphatic rings. The third-order valence-corrected chi connectivity index (χ3v) is 3.82. The summed E-state index contributed by atoms with van der Waals surface area (Å²) in [6, 6.07) is 8.89. The van der Waals surface area contributed by atoms with E-state index in [1.165, 1.54) is 17.4 Å². The SMILES string of the molecule is C[C@@H](NC(=O)C(N)c1cccs1)c1ccccc1F. The minimum atomic E-state index is -0.714. The Kier molecular flexibility index (Phi) is 4.29. The van der Waals surface area contributed by atoms with Gasteiger partial charge in [-0.2, -0.15) is 0 Å². The highest BCUT2D eigenvalue weighted by Crippen LogP contribution is 2.20. The summed E-state index contributed by atoms with van der Waals surface area (Å²) < 4.78 is 13.6. The van der Waals surface area contributed by atoms with Gasteiger partial charge in [-0.25, -0.2) is 4.39 Å². The summed E-state index contributed by atoms with van der Waals surface area (Å²) in [5.41, 5.74) is 6.31. The van der Waals surface area contributed by atoms with Crippen LogP contribution in [0.5, 0.6) is 0 Å². The molecule has 19 heavy (non-hydrogen) atoms. The van der Waals surface area contributed by atoms with E-state index in [1.807, 2.05) is 17.5 Å². The van der Waals surface area contributed by atoms with Crippen LogP contribution in [-0.4, -0.2) is 5.91 Å². The molecule has 3 nitrogen and oxygen atoms in total. The molecule has 0 spiro atoms. The van der Waals surface area contributed by atoms with Crippen LogP contribution in [0.4, 0.5) is 4.39 Å². The maximum absolute atomic E-state index is 13.6. The van der Waals surface area contributed by atoms with Gasteiger partial charge in [-0.1, -0.05) is 24.3 Å². The van der Waals surface area contributed by atoms with Gasteiger partial charge in [0.05, 0.1) is 6.04 Å². The zero-order valence-electron chi connectivity index (χ0n) is 10.5. The topological polar surface area (TPSA) is 55.1 Å². The monoisotopic (exact) mass is 278 g/mol. The number of carbonyl (C=O) groups is 1. The highest BCUT2D eigenvalue weighted by Gasteiger charge is 2.20. The van der Waals surface area contributed by atoms with Crippen LogP contribution in [0.1, 0.15) is 29.4 Å². The number of benzene rings is 1. The Morgan fingerprint density at radius 3 is 2.68 bits per heavy atom. The van der Waals surface area contributed by atoms with Crippen molar-refractivity contribution in [2.45, 2.75) is 19.0 Å². The fraction of sp³-hybridized carbons (Fsp3) is 0.214. The first-order valence-corrected chi connectivity index (χ1v) is 6.81. The predicted octanol–water partition coefficient (Wildman–Crippen LogP) is 2.76. The fourth-order valence-corrected chi connectivity index (χ4v) is 2.53. The maximum atomic E-state index is 13.6. The number of nitrogens with one attached hydrogen (secondary N) is 1. The lowest BCUT2D eigenvalue weighted by Gasteiger charge is -2.17. The summed E-state index contributed by atoms with van der Waals surface area (Å²) in [6.45, 7) is 1.73. The summed E-state index contributed by atoms with van der Waals surface area (Å²) in [7, 11) is 0. The van der Waals surface area contributed by atoms with Crippen molar-refractivity contribution < 1.29 is 9.18 Å². The second-order valence-corrected chi connectivity index (χ2v) is 5.22. The molecule has 0 bridgehead atoms. The van der Waals surface area contributed by atoms with Gasteiger partial charge in [-0.3, -0.25) is 4.79 Å². The molecule has 1 heterocycles. The third-order valence-electron chi connectivity index (χ3n) is 2.86. The minimum absolute atomic E-state index is 0.307. The van der Waals surface area contributed by atoms with Crippen LogP contribution in [0, 0.1) is 5.82 Å². The molecule has 0 saturated carbocycles. The number of amides is 1. The molecule has 1 aromatic heterocycles. The Hall–Kier alpha value is -1.72. The number of rotatable bonds is 4. The van der Waals surface area contributed by atoms with E-state index < -0.39 is 12.1 Å². The van der Waals surface area contributed by atoms with Crippen LogP contribution in [-0.2, 0) is 4.79 Å². The molecular weight excluding hydrogens is 263 g/mol. The zero-order valence-corrected chi connectivity index (χ0v) is 11.3. The van der Waals surface area contributed by atoms with E-state index in [1.54, 1.807) is 25.1 Å². The summed E-state index contributed by atoms with van der Waals surface area (Å²) in [4.78, 5) is 12.8. The zero-order chi connectivity index (χ0) is 13.8. The summed E-state index contributed by atoms with van der Waals surface area (Å²) in [6.07, 6.45) is 0. The Morgan fingerprint density at radius 1 is 1.32 bits per heavy atom. The normalized spacial score (nSPS) is 13.8. The number of halogens is 1. The molecule has 3 N–H and O–H groups in total. The number of hydrogen-bond donors (Lipinski definition) is 2. The van der Waals surface area contributed by atoms with Crippen molar-refractivity contribution in [3.05, 3.63) is 58.0 Å².